The predicted molar refractivity (Wildman–Crippen MR) is 133 cm³/mol. The molecule has 0 radical (unpaired) electrons. The Morgan fingerprint density at radius 2 is 1.66 bits per heavy atom. The molecule has 4 rings (SSSR count). The number of nitrogens with zero attached hydrogens (tertiary/aromatic N) is 3. The molecule has 0 bridgehead atoms. The number of fused-ring (bicyclic) bond motifs is 1. The molecule has 0 unspecified atom stereocenters. The lowest BCUT2D eigenvalue weighted by Crippen LogP contribution is -2.37. The van der Waals surface area contributed by atoms with Gasteiger partial charge in [0.2, 0.25) is 5.95 Å². The van der Waals surface area contributed by atoms with Gasteiger partial charge in [0.25, 0.3) is 0 Å². The minimum Gasteiger partial charge on any atom is -0.493 e. The molecule has 1 aliphatic carbocycles. The summed E-state index contributed by atoms with van der Waals surface area (Å²) < 4.78 is 5.90. The SMILES string of the molecule is CCCOc1ccccc1CN[C@H]1CC[C@@H](Nc2nc(N(C)C)c3ccccc3n2)CC1. The fraction of sp³-hybridized carbons (Fsp3) is 0.462. The van der Waals surface area contributed by atoms with Crippen LogP contribution in [-0.4, -0.2) is 42.8 Å². The van der Waals surface area contributed by atoms with Crippen LogP contribution in [0.4, 0.5) is 11.8 Å². The molecule has 0 atom stereocenters. The van der Waals surface area contributed by atoms with E-state index in [1.165, 1.54) is 5.56 Å². The van der Waals surface area contributed by atoms with Crippen molar-refractivity contribution < 1.29 is 4.74 Å². The van der Waals surface area contributed by atoms with Gasteiger partial charge in [0, 0.05) is 43.7 Å². The highest BCUT2D eigenvalue weighted by atomic mass is 16.5. The van der Waals surface area contributed by atoms with Crippen LogP contribution < -0.4 is 20.3 Å². The Morgan fingerprint density at radius 1 is 0.938 bits per heavy atom. The molecule has 1 aromatic heterocycles. The maximum Gasteiger partial charge on any atom is 0.225 e. The molecule has 1 saturated carbocycles. The van der Waals surface area contributed by atoms with Gasteiger partial charge in [-0.3, -0.25) is 0 Å². The van der Waals surface area contributed by atoms with Crippen molar-refractivity contribution >= 4 is 22.7 Å². The number of hydrogen-bond donors (Lipinski definition) is 2. The molecule has 0 spiro atoms. The lowest BCUT2D eigenvalue weighted by Gasteiger charge is -2.30. The molecule has 6 nitrogen and oxygen atoms in total. The zero-order valence-electron chi connectivity index (χ0n) is 19.5. The van der Waals surface area contributed by atoms with Gasteiger partial charge in [0.1, 0.15) is 11.6 Å². The maximum absolute atomic E-state index is 5.90. The van der Waals surface area contributed by atoms with Crippen molar-refractivity contribution in [2.45, 2.75) is 57.7 Å². The molecule has 0 saturated heterocycles. The summed E-state index contributed by atoms with van der Waals surface area (Å²) in [6.07, 6.45) is 5.53. The highest BCUT2D eigenvalue weighted by molar-refractivity contribution is 5.90. The number of para-hydroxylation sites is 2. The van der Waals surface area contributed by atoms with E-state index in [9.17, 15) is 0 Å². The van der Waals surface area contributed by atoms with Gasteiger partial charge in [-0.1, -0.05) is 37.3 Å². The molecule has 2 N–H and O–H groups in total. The summed E-state index contributed by atoms with van der Waals surface area (Å²) in [6.45, 7) is 3.75. The van der Waals surface area contributed by atoms with Gasteiger partial charge in [-0.25, -0.2) is 4.98 Å². The number of anilines is 2. The summed E-state index contributed by atoms with van der Waals surface area (Å²) in [5.74, 6) is 2.69. The summed E-state index contributed by atoms with van der Waals surface area (Å²) in [4.78, 5) is 11.6. The predicted octanol–water partition coefficient (Wildman–Crippen LogP) is 5.00. The normalized spacial score (nSPS) is 18.5. The molecule has 1 heterocycles. The lowest BCUT2D eigenvalue weighted by atomic mass is 9.91. The first-order valence-corrected chi connectivity index (χ1v) is 11.8. The first kappa shape index (κ1) is 22.3. The smallest absolute Gasteiger partial charge is 0.225 e. The van der Waals surface area contributed by atoms with E-state index in [-0.39, 0.29) is 0 Å². The van der Waals surface area contributed by atoms with Gasteiger partial charge in [0.15, 0.2) is 0 Å². The third kappa shape index (κ3) is 5.49. The number of aromatic nitrogens is 2. The molecule has 32 heavy (non-hydrogen) atoms. The van der Waals surface area contributed by atoms with Crippen LogP contribution in [0.15, 0.2) is 48.5 Å². The Labute approximate surface area is 191 Å². The highest BCUT2D eigenvalue weighted by Gasteiger charge is 2.22. The van der Waals surface area contributed by atoms with Crippen LogP contribution >= 0.6 is 0 Å². The molecule has 1 aliphatic rings. The Hall–Kier alpha value is -2.86. The fourth-order valence-corrected chi connectivity index (χ4v) is 4.35. The second-order valence-electron chi connectivity index (χ2n) is 8.81. The van der Waals surface area contributed by atoms with Gasteiger partial charge < -0.3 is 20.3 Å². The minimum absolute atomic E-state index is 0.407. The molecule has 2 aromatic carbocycles. The van der Waals surface area contributed by atoms with Crippen LogP contribution in [0.25, 0.3) is 10.9 Å². The number of benzene rings is 2. The molecular formula is C26H35N5O. The topological polar surface area (TPSA) is 62.3 Å². The summed E-state index contributed by atoms with van der Waals surface area (Å²) in [6, 6.07) is 17.5. The van der Waals surface area contributed by atoms with Gasteiger partial charge in [-0.05, 0) is 50.3 Å². The van der Waals surface area contributed by atoms with E-state index in [0.29, 0.717) is 12.1 Å². The van der Waals surface area contributed by atoms with Crippen molar-refractivity contribution in [3.8, 4) is 5.75 Å². The Bertz CT molecular complexity index is 1010. The maximum atomic E-state index is 5.90. The van der Waals surface area contributed by atoms with Crippen molar-refractivity contribution in [1.82, 2.24) is 15.3 Å². The van der Waals surface area contributed by atoms with Crippen LogP contribution in [0.3, 0.4) is 0 Å². The second kappa shape index (κ2) is 10.6. The molecule has 1 fully saturated rings. The Morgan fingerprint density at radius 3 is 2.44 bits per heavy atom. The molecule has 170 valence electrons. The van der Waals surface area contributed by atoms with Gasteiger partial charge >= 0.3 is 0 Å². The average Bonchev–Trinajstić information content (AvgIpc) is 2.82. The fourth-order valence-electron chi connectivity index (χ4n) is 4.35. The minimum atomic E-state index is 0.407. The molecular weight excluding hydrogens is 398 g/mol. The van der Waals surface area contributed by atoms with Crippen molar-refractivity contribution in [1.29, 1.82) is 0 Å². The van der Waals surface area contributed by atoms with Crippen molar-refractivity contribution in [3.63, 3.8) is 0 Å². The van der Waals surface area contributed by atoms with Crippen LogP contribution in [0.1, 0.15) is 44.6 Å². The zero-order chi connectivity index (χ0) is 22.3. The quantitative estimate of drug-likeness (QED) is 0.495. The van der Waals surface area contributed by atoms with Gasteiger partial charge in [-0.2, -0.15) is 4.98 Å². The second-order valence-corrected chi connectivity index (χ2v) is 8.81. The first-order valence-electron chi connectivity index (χ1n) is 11.8. The van der Waals surface area contributed by atoms with E-state index in [1.54, 1.807) is 0 Å². The third-order valence-electron chi connectivity index (χ3n) is 6.08. The number of nitrogens with one attached hydrogen (secondary N) is 2. The monoisotopic (exact) mass is 433 g/mol. The summed E-state index contributed by atoms with van der Waals surface area (Å²) >= 11 is 0. The van der Waals surface area contributed by atoms with Crippen LogP contribution in [0, 0.1) is 0 Å². The average molecular weight is 434 g/mol. The molecule has 6 heteroatoms. The molecule has 3 aromatic rings. The molecule has 0 aliphatic heterocycles. The summed E-state index contributed by atoms with van der Waals surface area (Å²) in [5, 5.41) is 8.42. The van der Waals surface area contributed by atoms with Crippen molar-refractivity contribution in [2.75, 3.05) is 30.9 Å². The number of rotatable bonds is 9. The van der Waals surface area contributed by atoms with Gasteiger partial charge in [-0.15, -0.1) is 0 Å². The Kier molecular flexibility index (Phi) is 7.43. The highest BCUT2D eigenvalue weighted by Crippen LogP contribution is 2.27. The zero-order valence-corrected chi connectivity index (χ0v) is 19.5. The molecule has 0 amide bonds. The summed E-state index contributed by atoms with van der Waals surface area (Å²) in [5.41, 5.74) is 2.22. The van der Waals surface area contributed by atoms with E-state index in [4.69, 9.17) is 14.7 Å². The van der Waals surface area contributed by atoms with E-state index < -0.39 is 0 Å². The summed E-state index contributed by atoms with van der Waals surface area (Å²) in [7, 11) is 4.06. The first-order chi connectivity index (χ1) is 15.6. The Balaban J connectivity index is 1.32. The van der Waals surface area contributed by atoms with E-state index in [1.807, 2.05) is 32.3 Å². The van der Waals surface area contributed by atoms with Crippen molar-refractivity contribution in [2.24, 2.45) is 0 Å². The largest absolute Gasteiger partial charge is 0.493 e. The van der Waals surface area contributed by atoms with Crippen LogP contribution in [0.2, 0.25) is 0 Å². The standard InChI is InChI=1S/C26H35N5O/c1-4-17-32-24-12-8-5-9-19(24)18-27-20-13-15-21(16-14-20)28-26-29-23-11-7-6-10-22(23)25(30-26)31(2)3/h5-12,20-21,27H,4,13-18H2,1-3H3,(H,28,29,30)/t20-,21+. The number of hydrogen-bond acceptors (Lipinski definition) is 6. The van der Waals surface area contributed by atoms with Gasteiger partial charge in [0.05, 0.1) is 12.1 Å². The number of ether oxygens (including phenoxy) is 1. The third-order valence-corrected chi connectivity index (χ3v) is 6.08. The van der Waals surface area contributed by atoms with Crippen molar-refractivity contribution in [3.05, 3.63) is 54.1 Å². The van der Waals surface area contributed by atoms with Crippen LogP contribution in [-0.2, 0) is 6.54 Å². The van der Waals surface area contributed by atoms with E-state index in [0.717, 1.165) is 73.7 Å². The van der Waals surface area contributed by atoms with E-state index in [2.05, 4.69) is 52.8 Å². The van der Waals surface area contributed by atoms with Crippen LogP contribution in [0.5, 0.6) is 5.75 Å². The van der Waals surface area contributed by atoms with E-state index >= 15 is 0 Å². The lowest BCUT2D eigenvalue weighted by molar-refractivity contribution is 0.309.